The van der Waals surface area contributed by atoms with Gasteiger partial charge < -0.3 is 16.0 Å². The van der Waals surface area contributed by atoms with Crippen molar-refractivity contribution in [2.75, 3.05) is 13.1 Å². The molecule has 6 heteroatoms. The molecule has 108 valence electrons. The SMILES string of the molecule is CCN(CC)C(=O)C(C)NC(=O)C1(C(N)=S)CCC1. The maximum absolute atomic E-state index is 12.3. The molecule has 2 amide bonds. The Hall–Kier alpha value is -1.17. The molecule has 1 rings (SSSR count). The van der Waals surface area contributed by atoms with Crippen molar-refractivity contribution in [1.82, 2.24) is 10.2 Å². The zero-order valence-corrected chi connectivity index (χ0v) is 12.7. The number of hydrogen-bond acceptors (Lipinski definition) is 3. The van der Waals surface area contributed by atoms with Gasteiger partial charge in [0.25, 0.3) is 0 Å². The van der Waals surface area contributed by atoms with Crippen molar-refractivity contribution in [2.24, 2.45) is 11.1 Å². The molecule has 0 aromatic rings. The number of carbonyl (C=O) groups is 2. The van der Waals surface area contributed by atoms with Crippen LogP contribution in [0.2, 0.25) is 0 Å². The van der Waals surface area contributed by atoms with E-state index < -0.39 is 11.5 Å². The van der Waals surface area contributed by atoms with Gasteiger partial charge in [-0.05, 0) is 33.6 Å². The monoisotopic (exact) mass is 285 g/mol. The Kier molecular flexibility index (Phi) is 5.29. The summed E-state index contributed by atoms with van der Waals surface area (Å²) < 4.78 is 0. The molecular weight excluding hydrogens is 262 g/mol. The second-order valence-electron chi connectivity index (χ2n) is 5.01. The highest BCUT2D eigenvalue weighted by atomic mass is 32.1. The fraction of sp³-hybridized carbons (Fsp3) is 0.769. The van der Waals surface area contributed by atoms with E-state index in [9.17, 15) is 9.59 Å². The van der Waals surface area contributed by atoms with Gasteiger partial charge in [-0.15, -0.1) is 0 Å². The van der Waals surface area contributed by atoms with E-state index in [0.29, 0.717) is 25.9 Å². The third kappa shape index (κ3) is 3.05. The number of rotatable bonds is 6. The van der Waals surface area contributed by atoms with Gasteiger partial charge in [-0.2, -0.15) is 0 Å². The van der Waals surface area contributed by atoms with Crippen LogP contribution in [0.1, 0.15) is 40.0 Å². The number of nitrogens with two attached hydrogens (primary N) is 1. The van der Waals surface area contributed by atoms with Gasteiger partial charge in [0.15, 0.2) is 0 Å². The molecule has 1 atom stereocenters. The first kappa shape index (κ1) is 15.9. The molecular formula is C13H23N3O2S. The van der Waals surface area contributed by atoms with Crippen molar-refractivity contribution in [3.63, 3.8) is 0 Å². The fourth-order valence-corrected chi connectivity index (χ4v) is 2.62. The van der Waals surface area contributed by atoms with E-state index in [2.05, 4.69) is 5.32 Å². The molecule has 0 radical (unpaired) electrons. The van der Waals surface area contributed by atoms with Crippen molar-refractivity contribution >= 4 is 29.0 Å². The molecule has 1 aliphatic carbocycles. The third-order valence-corrected chi connectivity index (χ3v) is 4.30. The van der Waals surface area contributed by atoms with Gasteiger partial charge in [0, 0.05) is 13.1 Å². The topological polar surface area (TPSA) is 75.4 Å². The van der Waals surface area contributed by atoms with E-state index in [-0.39, 0.29) is 16.8 Å². The average molecular weight is 285 g/mol. The van der Waals surface area contributed by atoms with Gasteiger partial charge in [-0.1, -0.05) is 18.6 Å². The number of likely N-dealkylation sites (N-methyl/N-ethyl adjacent to an activating group) is 1. The van der Waals surface area contributed by atoms with Crippen molar-refractivity contribution in [3.05, 3.63) is 0 Å². The molecule has 0 aromatic heterocycles. The first-order valence-corrected chi connectivity index (χ1v) is 7.19. The molecule has 1 fully saturated rings. The van der Waals surface area contributed by atoms with Crippen molar-refractivity contribution < 1.29 is 9.59 Å². The molecule has 3 N–H and O–H groups in total. The van der Waals surface area contributed by atoms with E-state index in [0.717, 1.165) is 6.42 Å². The summed E-state index contributed by atoms with van der Waals surface area (Å²) in [7, 11) is 0. The summed E-state index contributed by atoms with van der Waals surface area (Å²) in [4.78, 5) is 26.3. The summed E-state index contributed by atoms with van der Waals surface area (Å²) in [5.41, 5.74) is 4.94. The molecule has 19 heavy (non-hydrogen) atoms. The minimum atomic E-state index is -0.729. The molecule has 0 bridgehead atoms. The maximum Gasteiger partial charge on any atom is 0.244 e. The van der Waals surface area contributed by atoms with Gasteiger partial charge in [-0.3, -0.25) is 9.59 Å². The van der Waals surface area contributed by atoms with E-state index >= 15 is 0 Å². The average Bonchev–Trinajstić information content (AvgIpc) is 2.28. The number of nitrogens with one attached hydrogen (secondary N) is 1. The lowest BCUT2D eigenvalue weighted by atomic mass is 9.68. The lowest BCUT2D eigenvalue weighted by Crippen LogP contribution is -2.57. The lowest BCUT2D eigenvalue weighted by molar-refractivity contribution is -0.139. The van der Waals surface area contributed by atoms with Gasteiger partial charge in [-0.25, -0.2) is 0 Å². The number of hydrogen-bond donors (Lipinski definition) is 2. The number of thiocarbonyl (C=S) groups is 1. The molecule has 0 saturated heterocycles. The summed E-state index contributed by atoms with van der Waals surface area (Å²) in [6.45, 7) is 6.80. The second-order valence-corrected chi connectivity index (χ2v) is 5.45. The quantitative estimate of drug-likeness (QED) is 0.708. The highest BCUT2D eigenvalue weighted by molar-refractivity contribution is 7.80. The number of nitrogens with zero attached hydrogens (tertiary/aromatic N) is 1. The summed E-state index contributed by atoms with van der Waals surface area (Å²) in [6, 6.07) is -0.542. The molecule has 1 aliphatic rings. The molecule has 0 aliphatic heterocycles. The summed E-state index contributed by atoms with van der Waals surface area (Å²) in [5, 5.41) is 2.76. The van der Waals surface area contributed by atoms with Crippen LogP contribution in [-0.2, 0) is 9.59 Å². The Morgan fingerprint density at radius 1 is 1.37 bits per heavy atom. The normalized spacial score (nSPS) is 18.1. The predicted octanol–water partition coefficient (Wildman–Crippen LogP) is 0.816. The molecule has 1 saturated carbocycles. The highest BCUT2D eigenvalue weighted by Crippen LogP contribution is 2.41. The van der Waals surface area contributed by atoms with Gasteiger partial charge >= 0.3 is 0 Å². The maximum atomic E-state index is 12.3. The Bertz CT molecular complexity index is 376. The van der Waals surface area contributed by atoms with E-state index in [1.807, 2.05) is 13.8 Å². The molecule has 5 nitrogen and oxygen atoms in total. The predicted molar refractivity (Wildman–Crippen MR) is 78.6 cm³/mol. The second kappa shape index (κ2) is 6.32. The Morgan fingerprint density at radius 2 is 1.89 bits per heavy atom. The smallest absolute Gasteiger partial charge is 0.244 e. The standard InChI is InChI=1S/C13H23N3O2S/c1-4-16(5-2)10(17)9(3)15-12(18)13(11(14)19)7-6-8-13/h9H,4-8H2,1-3H3,(H2,14,19)(H,15,18). The fourth-order valence-electron chi connectivity index (χ4n) is 2.32. The van der Waals surface area contributed by atoms with Crippen LogP contribution in [-0.4, -0.2) is 40.8 Å². The van der Waals surface area contributed by atoms with Crippen LogP contribution in [0.3, 0.4) is 0 Å². The van der Waals surface area contributed by atoms with Crippen LogP contribution >= 0.6 is 12.2 Å². The van der Waals surface area contributed by atoms with Crippen LogP contribution < -0.4 is 11.1 Å². The molecule has 0 aromatic carbocycles. The van der Waals surface area contributed by atoms with Crippen molar-refractivity contribution in [3.8, 4) is 0 Å². The minimum Gasteiger partial charge on any atom is -0.392 e. The van der Waals surface area contributed by atoms with Crippen LogP contribution in [0, 0.1) is 5.41 Å². The zero-order chi connectivity index (χ0) is 14.6. The Balaban J connectivity index is 2.66. The molecule has 0 spiro atoms. The highest BCUT2D eigenvalue weighted by Gasteiger charge is 2.47. The van der Waals surface area contributed by atoms with E-state index in [1.54, 1.807) is 11.8 Å². The first-order valence-electron chi connectivity index (χ1n) is 6.78. The van der Waals surface area contributed by atoms with Crippen LogP contribution in [0.5, 0.6) is 0 Å². The van der Waals surface area contributed by atoms with Crippen molar-refractivity contribution in [1.29, 1.82) is 0 Å². The number of amides is 2. The Morgan fingerprint density at radius 3 is 2.21 bits per heavy atom. The van der Waals surface area contributed by atoms with Gasteiger partial charge in [0.2, 0.25) is 11.8 Å². The van der Waals surface area contributed by atoms with Crippen LogP contribution in [0.15, 0.2) is 0 Å². The number of carbonyl (C=O) groups excluding carboxylic acids is 2. The summed E-state index contributed by atoms with van der Waals surface area (Å²) in [6.07, 6.45) is 2.31. The van der Waals surface area contributed by atoms with E-state index in [1.165, 1.54) is 0 Å². The van der Waals surface area contributed by atoms with Crippen LogP contribution in [0.25, 0.3) is 0 Å². The largest absolute Gasteiger partial charge is 0.392 e. The van der Waals surface area contributed by atoms with E-state index in [4.69, 9.17) is 18.0 Å². The van der Waals surface area contributed by atoms with Gasteiger partial charge in [0.05, 0.1) is 10.4 Å². The van der Waals surface area contributed by atoms with Crippen molar-refractivity contribution in [2.45, 2.75) is 46.1 Å². The first-order chi connectivity index (χ1) is 8.89. The summed E-state index contributed by atoms with van der Waals surface area (Å²) in [5.74, 6) is -0.282. The minimum absolute atomic E-state index is 0.0734. The molecule has 0 heterocycles. The van der Waals surface area contributed by atoms with Gasteiger partial charge in [0.1, 0.15) is 6.04 Å². The lowest BCUT2D eigenvalue weighted by Gasteiger charge is -2.40. The molecule has 1 unspecified atom stereocenters. The Labute approximate surface area is 119 Å². The third-order valence-electron chi connectivity index (χ3n) is 3.91. The summed E-state index contributed by atoms with van der Waals surface area (Å²) >= 11 is 4.99. The zero-order valence-electron chi connectivity index (χ0n) is 11.9. The van der Waals surface area contributed by atoms with Crippen LogP contribution in [0.4, 0.5) is 0 Å².